The summed E-state index contributed by atoms with van der Waals surface area (Å²) in [6, 6.07) is 4.87. The Hall–Kier alpha value is -3.35. The number of likely N-dealkylation sites (tertiary alicyclic amines) is 1. The molecule has 0 aliphatic carbocycles. The van der Waals surface area contributed by atoms with Crippen molar-refractivity contribution in [1.29, 1.82) is 0 Å². The van der Waals surface area contributed by atoms with Gasteiger partial charge in [-0.1, -0.05) is 17.3 Å². The van der Waals surface area contributed by atoms with Gasteiger partial charge >= 0.3 is 18.3 Å². The summed E-state index contributed by atoms with van der Waals surface area (Å²) in [5.41, 5.74) is -0.691. The van der Waals surface area contributed by atoms with Gasteiger partial charge in [-0.05, 0) is 44.9 Å². The molecule has 0 saturated carbocycles. The van der Waals surface area contributed by atoms with E-state index in [-0.39, 0.29) is 30.3 Å². The van der Waals surface area contributed by atoms with Crippen LogP contribution >= 0.6 is 0 Å². The first-order valence-corrected chi connectivity index (χ1v) is 12.5. The van der Waals surface area contributed by atoms with Crippen LogP contribution in [0.3, 0.4) is 0 Å². The Morgan fingerprint density at radius 2 is 1.71 bits per heavy atom. The van der Waals surface area contributed by atoms with Crippen LogP contribution in [0.5, 0.6) is 0 Å². The highest BCUT2D eigenvalue weighted by Crippen LogP contribution is 2.37. The first kappa shape index (κ1) is 27.7. The molecule has 208 valence electrons. The van der Waals surface area contributed by atoms with Gasteiger partial charge in [0.25, 0.3) is 0 Å². The number of alkyl halides is 3. The lowest BCUT2D eigenvalue weighted by molar-refractivity contribution is -0.137. The molecule has 2 saturated heterocycles. The van der Waals surface area contributed by atoms with Crippen molar-refractivity contribution in [3.63, 3.8) is 0 Å². The van der Waals surface area contributed by atoms with E-state index in [1.807, 2.05) is 0 Å². The van der Waals surface area contributed by atoms with Crippen molar-refractivity contribution >= 4 is 12.1 Å². The number of amides is 3. The van der Waals surface area contributed by atoms with Gasteiger partial charge in [0, 0.05) is 38.0 Å². The number of halogens is 3. The monoisotopic (exact) mass is 539 g/mol. The van der Waals surface area contributed by atoms with Gasteiger partial charge in [0.2, 0.25) is 5.89 Å². The van der Waals surface area contributed by atoms with Gasteiger partial charge in [-0.15, -0.1) is 0 Å². The minimum absolute atomic E-state index is 0.0343. The van der Waals surface area contributed by atoms with Gasteiger partial charge in [0.1, 0.15) is 12.1 Å². The Kier molecular flexibility index (Phi) is 8.14. The number of nitrogens with zero attached hydrogens (tertiary/aromatic N) is 4. The molecule has 38 heavy (non-hydrogen) atoms. The molecule has 13 heteroatoms. The zero-order valence-corrected chi connectivity index (χ0v) is 21.6. The van der Waals surface area contributed by atoms with Crippen molar-refractivity contribution in [3.8, 4) is 0 Å². The van der Waals surface area contributed by atoms with Gasteiger partial charge in [0.05, 0.1) is 18.8 Å². The Labute approximate surface area is 218 Å². The first-order chi connectivity index (χ1) is 17.9. The number of alkyl carbamates (subject to hydrolysis) is 1. The van der Waals surface area contributed by atoms with Gasteiger partial charge in [-0.2, -0.15) is 18.2 Å². The normalized spacial score (nSPS) is 20.8. The number of morpholine rings is 1. The van der Waals surface area contributed by atoms with Crippen molar-refractivity contribution in [1.82, 2.24) is 25.3 Å². The van der Waals surface area contributed by atoms with Gasteiger partial charge < -0.3 is 29.1 Å². The standard InChI is InChI=1S/C25H32F3N5O5/c1-24(2,3)37-22(34)29-13-20-30-21(31-38-20)18-12-17(16-4-6-19(7-5-16)25(26,27)28)14-33(15-18)23(35)32-8-10-36-11-9-32/h4-7,17-18H,8-15H2,1-3H3,(H,29,34). The molecule has 0 bridgehead atoms. The van der Waals surface area contributed by atoms with E-state index in [1.165, 1.54) is 12.1 Å². The summed E-state index contributed by atoms with van der Waals surface area (Å²) in [5.74, 6) is -0.0149. The quantitative estimate of drug-likeness (QED) is 0.622. The molecular weight excluding hydrogens is 507 g/mol. The lowest BCUT2D eigenvalue weighted by Crippen LogP contribution is -2.52. The lowest BCUT2D eigenvalue weighted by Gasteiger charge is -2.40. The number of ether oxygens (including phenoxy) is 2. The highest BCUT2D eigenvalue weighted by Gasteiger charge is 2.37. The number of carbonyl (C=O) groups excluding carboxylic acids is 2. The third kappa shape index (κ3) is 7.15. The second-order valence-electron chi connectivity index (χ2n) is 10.4. The van der Waals surface area contributed by atoms with E-state index >= 15 is 0 Å². The Morgan fingerprint density at radius 3 is 2.34 bits per heavy atom. The second-order valence-corrected chi connectivity index (χ2v) is 10.4. The Bertz CT molecular complexity index is 1110. The molecule has 2 atom stereocenters. The third-order valence-corrected chi connectivity index (χ3v) is 6.34. The van der Waals surface area contributed by atoms with E-state index in [9.17, 15) is 22.8 Å². The maximum atomic E-state index is 13.3. The molecule has 10 nitrogen and oxygen atoms in total. The van der Waals surface area contributed by atoms with E-state index in [4.69, 9.17) is 14.0 Å². The van der Waals surface area contributed by atoms with Gasteiger partial charge in [-0.25, -0.2) is 9.59 Å². The third-order valence-electron chi connectivity index (χ3n) is 6.34. The molecule has 1 aromatic heterocycles. The summed E-state index contributed by atoms with van der Waals surface area (Å²) < 4.78 is 55.1. The SMILES string of the molecule is CC(C)(C)OC(=O)NCc1nc(C2CC(c3ccc(C(F)(F)F)cc3)CN(C(=O)N3CCOCC3)C2)no1. The first-order valence-electron chi connectivity index (χ1n) is 12.5. The van der Waals surface area contributed by atoms with Crippen LogP contribution in [-0.4, -0.2) is 77.1 Å². The molecule has 4 rings (SSSR count). The van der Waals surface area contributed by atoms with Gasteiger partial charge in [-0.3, -0.25) is 0 Å². The summed E-state index contributed by atoms with van der Waals surface area (Å²) in [7, 11) is 0. The highest BCUT2D eigenvalue weighted by atomic mass is 19.4. The molecule has 1 aromatic carbocycles. The fourth-order valence-electron chi connectivity index (χ4n) is 4.55. The molecule has 2 unspecified atom stereocenters. The molecular formula is C25H32F3N5O5. The van der Waals surface area contributed by atoms with E-state index < -0.39 is 23.4 Å². The number of hydrogen-bond acceptors (Lipinski definition) is 7. The molecule has 3 heterocycles. The maximum Gasteiger partial charge on any atom is 0.416 e. The number of nitrogens with one attached hydrogen (secondary N) is 1. The number of hydrogen-bond donors (Lipinski definition) is 1. The van der Waals surface area contributed by atoms with E-state index in [2.05, 4.69) is 15.5 Å². The van der Waals surface area contributed by atoms with Crippen molar-refractivity contribution < 1.29 is 36.8 Å². The average Bonchev–Trinajstić information content (AvgIpc) is 3.35. The fraction of sp³-hybridized carbons (Fsp3) is 0.600. The van der Waals surface area contributed by atoms with E-state index in [0.29, 0.717) is 57.2 Å². The Balaban J connectivity index is 1.50. The number of carbonyl (C=O) groups is 2. The predicted molar refractivity (Wildman–Crippen MR) is 128 cm³/mol. The smallest absolute Gasteiger partial charge is 0.416 e. The lowest BCUT2D eigenvalue weighted by atomic mass is 9.84. The number of aromatic nitrogens is 2. The van der Waals surface area contributed by atoms with Crippen molar-refractivity contribution in [2.45, 2.75) is 57.3 Å². The molecule has 2 aliphatic rings. The summed E-state index contributed by atoms with van der Waals surface area (Å²) >= 11 is 0. The molecule has 2 aromatic rings. The molecule has 3 amide bonds. The van der Waals surface area contributed by atoms with Crippen LogP contribution in [0.1, 0.15) is 61.9 Å². The van der Waals surface area contributed by atoms with Crippen LogP contribution in [0.4, 0.5) is 22.8 Å². The number of urea groups is 1. The predicted octanol–water partition coefficient (Wildman–Crippen LogP) is 4.14. The maximum absolute atomic E-state index is 13.3. The summed E-state index contributed by atoms with van der Waals surface area (Å²) in [6.07, 6.45) is -4.54. The summed E-state index contributed by atoms with van der Waals surface area (Å²) in [5, 5.41) is 6.64. The fourth-order valence-corrected chi connectivity index (χ4v) is 4.55. The molecule has 2 aliphatic heterocycles. The van der Waals surface area contributed by atoms with Crippen LogP contribution in [0, 0.1) is 0 Å². The zero-order valence-electron chi connectivity index (χ0n) is 21.6. The highest BCUT2D eigenvalue weighted by molar-refractivity contribution is 5.75. The zero-order chi connectivity index (χ0) is 27.5. The van der Waals surface area contributed by atoms with Crippen molar-refractivity contribution in [2.24, 2.45) is 0 Å². The molecule has 0 spiro atoms. The average molecular weight is 540 g/mol. The second kappa shape index (κ2) is 11.2. The van der Waals surface area contributed by atoms with E-state index in [1.54, 1.807) is 30.6 Å². The number of rotatable bonds is 4. The van der Waals surface area contributed by atoms with Crippen LogP contribution in [0.15, 0.2) is 28.8 Å². The largest absolute Gasteiger partial charge is 0.444 e. The summed E-state index contributed by atoms with van der Waals surface area (Å²) in [4.78, 5) is 33.1. The van der Waals surface area contributed by atoms with Crippen LogP contribution in [0.2, 0.25) is 0 Å². The molecule has 2 fully saturated rings. The number of piperidine rings is 1. The topological polar surface area (TPSA) is 110 Å². The van der Waals surface area contributed by atoms with Crippen LogP contribution < -0.4 is 5.32 Å². The van der Waals surface area contributed by atoms with Crippen LogP contribution in [-0.2, 0) is 22.2 Å². The van der Waals surface area contributed by atoms with Crippen molar-refractivity contribution in [3.05, 3.63) is 47.1 Å². The molecule has 0 radical (unpaired) electrons. The molecule has 1 N–H and O–H groups in total. The summed E-state index contributed by atoms with van der Waals surface area (Å²) in [6.45, 7) is 7.71. The minimum atomic E-state index is -4.43. The van der Waals surface area contributed by atoms with Crippen molar-refractivity contribution in [2.75, 3.05) is 39.4 Å². The van der Waals surface area contributed by atoms with Crippen LogP contribution in [0.25, 0.3) is 0 Å². The van der Waals surface area contributed by atoms with E-state index in [0.717, 1.165) is 12.1 Å². The Morgan fingerprint density at radius 1 is 1.05 bits per heavy atom. The minimum Gasteiger partial charge on any atom is -0.444 e. The number of benzene rings is 1. The van der Waals surface area contributed by atoms with Gasteiger partial charge in [0.15, 0.2) is 5.82 Å².